The fourth-order valence-electron chi connectivity index (χ4n) is 2.47. The van der Waals surface area contributed by atoms with Crippen molar-refractivity contribution < 1.29 is 19.4 Å². The Morgan fingerprint density at radius 2 is 2.00 bits per heavy atom. The molecule has 0 heterocycles. The fourth-order valence-corrected chi connectivity index (χ4v) is 2.47. The summed E-state index contributed by atoms with van der Waals surface area (Å²) in [6, 6.07) is 12.2. The van der Waals surface area contributed by atoms with Gasteiger partial charge in [-0.25, -0.2) is 0 Å². The van der Waals surface area contributed by atoms with Gasteiger partial charge >= 0.3 is 0 Å². The summed E-state index contributed by atoms with van der Waals surface area (Å²) in [5.41, 5.74) is 2.09. The summed E-state index contributed by atoms with van der Waals surface area (Å²) in [5.74, 6) is -0.0227. The molecule has 0 saturated heterocycles. The zero-order chi connectivity index (χ0) is 19.1. The molecule has 0 unspecified atom stereocenters. The summed E-state index contributed by atoms with van der Waals surface area (Å²) >= 11 is 0. The maximum atomic E-state index is 12.5. The molecule has 0 aliphatic carbocycles. The second-order valence-corrected chi connectivity index (χ2v) is 5.78. The van der Waals surface area contributed by atoms with Crippen molar-refractivity contribution in [1.29, 1.82) is 0 Å². The van der Waals surface area contributed by atoms with Crippen molar-refractivity contribution in [3.05, 3.63) is 66.2 Å². The monoisotopic (exact) mass is 354 g/mol. The topological polar surface area (TPSA) is 78.9 Å². The summed E-state index contributed by atoms with van der Waals surface area (Å²) in [7, 11) is 3.17. The molecule has 2 amide bonds. The molecule has 0 radical (unpaired) electrons. The summed E-state index contributed by atoms with van der Waals surface area (Å²) in [5, 5.41) is 12.5. The Balaban J connectivity index is 2.06. The van der Waals surface area contributed by atoms with E-state index in [0.717, 1.165) is 11.1 Å². The minimum atomic E-state index is -0.327. The largest absolute Gasteiger partial charge is 0.504 e. The first-order valence-electron chi connectivity index (χ1n) is 8.05. The SMILES string of the molecule is C=CC(=O)Nc1ccccc1CC(=O)N(C)Cc1ccc(OC)c(O)c1. The van der Waals surface area contributed by atoms with Crippen molar-refractivity contribution in [2.45, 2.75) is 13.0 Å². The quantitative estimate of drug-likeness (QED) is 0.750. The molecule has 2 rings (SSSR count). The number of carbonyl (C=O) groups is 2. The lowest BCUT2D eigenvalue weighted by atomic mass is 10.1. The highest BCUT2D eigenvalue weighted by molar-refractivity contribution is 5.99. The Bertz CT molecular complexity index is 817. The van der Waals surface area contributed by atoms with E-state index in [1.54, 1.807) is 48.3 Å². The van der Waals surface area contributed by atoms with Crippen LogP contribution >= 0.6 is 0 Å². The van der Waals surface area contributed by atoms with Crippen LogP contribution in [0.2, 0.25) is 0 Å². The highest BCUT2D eigenvalue weighted by atomic mass is 16.5. The minimum Gasteiger partial charge on any atom is -0.504 e. The Labute approximate surface area is 152 Å². The molecule has 0 aromatic heterocycles. The number of benzene rings is 2. The lowest BCUT2D eigenvalue weighted by Crippen LogP contribution is -2.28. The number of nitrogens with one attached hydrogen (secondary N) is 1. The number of rotatable bonds is 7. The van der Waals surface area contributed by atoms with Crippen molar-refractivity contribution in [3.8, 4) is 11.5 Å². The van der Waals surface area contributed by atoms with Crippen LogP contribution in [0.1, 0.15) is 11.1 Å². The number of phenols is 1. The first-order valence-corrected chi connectivity index (χ1v) is 8.05. The predicted molar refractivity (Wildman–Crippen MR) is 100 cm³/mol. The number of aromatic hydroxyl groups is 1. The van der Waals surface area contributed by atoms with Crippen LogP contribution in [0.5, 0.6) is 11.5 Å². The lowest BCUT2D eigenvalue weighted by molar-refractivity contribution is -0.129. The number of likely N-dealkylation sites (N-methyl/N-ethyl adjacent to an activating group) is 1. The first-order chi connectivity index (χ1) is 12.4. The number of methoxy groups -OCH3 is 1. The van der Waals surface area contributed by atoms with Crippen molar-refractivity contribution in [2.24, 2.45) is 0 Å². The van der Waals surface area contributed by atoms with Gasteiger partial charge in [0.05, 0.1) is 13.5 Å². The van der Waals surface area contributed by atoms with Crippen LogP contribution < -0.4 is 10.1 Å². The molecule has 0 fully saturated rings. The highest BCUT2D eigenvalue weighted by Gasteiger charge is 2.14. The van der Waals surface area contributed by atoms with E-state index >= 15 is 0 Å². The molecule has 2 aromatic rings. The fraction of sp³-hybridized carbons (Fsp3) is 0.200. The maximum Gasteiger partial charge on any atom is 0.247 e. The highest BCUT2D eigenvalue weighted by Crippen LogP contribution is 2.26. The van der Waals surface area contributed by atoms with Crippen LogP contribution in [0, 0.1) is 0 Å². The molecule has 0 bridgehead atoms. The third-order valence-corrected chi connectivity index (χ3v) is 3.89. The minimum absolute atomic E-state index is 0.0309. The second-order valence-electron chi connectivity index (χ2n) is 5.78. The van der Waals surface area contributed by atoms with E-state index < -0.39 is 0 Å². The van der Waals surface area contributed by atoms with E-state index in [2.05, 4.69) is 11.9 Å². The number of nitrogens with zero attached hydrogens (tertiary/aromatic N) is 1. The number of para-hydroxylation sites is 1. The molecule has 0 aliphatic heterocycles. The van der Waals surface area contributed by atoms with E-state index in [-0.39, 0.29) is 24.0 Å². The zero-order valence-electron chi connectivity index (χ0n) is 14.9. The predicted octanol–water partition coefficient (Wildman–Crippen LogP) is 2.73. The summed E-state index contributed by atoms with van der Waals surface area (Å²) < 4.78 is 5.01. The molecule has 0 saturated carbocycles. The Morgan fingerprint density at radius 1 is 1.27 bits per heavy atom. The van der Waals surface area contributed by atoms with Crippen molar-refractivity contribution in [2.75, 3.05) is 19.5 Å². The van der Waals surface area contributed by atoms with Gasteiger partial charge in [0.25, 0.3) is 0 Å². The van der Waals surface area contributed by atoms with Crippen molar-refractivity contribution in [3.63, 3.8) is 0 Å². The maximum absolute atomic E-state index is 12.5. The van der Waals surface area contributed by atoms with E-state index in [9.17, 15) is 14.7 Å². The van der Waals surface area contributed by atoms with Crippen LogP contribution in [0.4, 0.5) is 5.69 Å². The standard InChI is InChI=1S/C20H22N2O4/c1-4-19(24)21-16-8-6-5-7-15(16)12-20(25)22(2)13-14-9-10-18(26-3)17(23)11-14/h4-11,23H,1,12-13H2,2-3H3,(H,21,24). The smallest absolute Gasteiger partial charge is 0.247 e. The lowest BCUT2D eigenvalue weighted by Gasteiger charge is -2.19. The van der Waals surface area contributed by atoms with Crippen LogP contribution in [0.15, 0.2) is 55.1 Å². The number of hydrogen-bond donors (Lipinski definition) is 2. The molecular formula is C20H22N2O4. The van der Waals surface area contributed by atoms with Gasteiger partial charge in [0.2, 0.25) is 11.8 Å². The molecule has 136 valence electrons. The van der Waals surface area contributed by atoms with E-state index in [0.29, 0.717) is 18.0 Å². The molecule has 6 heteroatoms. The number of carbonyl (C=O) groups excluding carboxylic acids is 2. The van der Waals surface area contributed by atoms with Gasteiger partial charge in [0.15, 0.2) is 11.5 Å². The molecule has 6 nitrogen and oxygen atoms in total. The normalized spacial score (nSPS) is 10.1. The van der Waals surface area contributed by atoms with Crippen molar-refractivity contribution >= 4 is 17.5 Å². The number of phenolic OH excluding ortho intramolecular Hbond substituents is 1. The van der Waals surface area contributed by atoms with E-state index in [1.165, 1.54) is 13.2 Å². The zero-order valence-corrected chi connectivity index (χ0v) is 14.9. The van der Waals surface area contributed by atoms with Gasteiger partial charge in [-0.2, -0.15) is 0 Å². The van der Waals surface area contributed by atoms with Gasteiger partial charge in [-0.3, -0.25) is 9.59 Å². The van der Waals surface area contributed by atoms with Gasteiger partial charge in [0, 0.05) is 19.3 Å². The molecular weight excluding hydrogens is 332 g/mol. The van der Waals surface area contributed by atoms with Crippen LogP contribution in [-0.2, 0) is 22.6 Å². The Hall–Kier alpha value is -3.28. The Kier molecular flexibility index (Phi) is 6.38. The van der Waals surface area contributed by atoms with Crippen molar-refractivity contribution in [1.82, 2.24) is 4.90 Å². The molecule has 2 N–H and O–H groups in total. The average molecular weight is 354 g/mol. The van der Waals surface area contributed by atoms with Crippen LogP contribution in [0.3, 0.4) is 0 Å². The molecule has 0 spiro atoms. The molecule has 0 aliphatic rings. The molecule has 0 atom stereocenters. The van der Waals surface area contributed by atoms with Gasteiger partial charge in [-0.15, -0.1) is 0 Å². The van der Waals surface area contributed by atoms with Crippen LogP contribution in [-0.4, -0.2) is 36.0 Å². The number of anilines is 1. The van der Waals surface area contributed by atoms with Crippen LogP contribution in [0.25, 0.3) is 0 Å². The van der Waals surface area contributed by atoms with Gasteiger partial charge in [-0.1, -0.05) is 30.8 Å². The first kappa shape index (κ1) is 19.1. The Morgan fingerprint density at radius 3 is 2.65 bits per heavy atom. The third-order valence-electron chi connectivity index (χ3n) is 3.89. The third kappa shape index (κ3) is 4.86. The number of hydrogen-bond acceptors (Lipinski definition) is 4. The van der Waals surface area contributed by atoms with E-state index in [4.69, 9.17) is 4.74 Å². The van der Waals surface area contributed by atoms with Gasteiger partial charge in [0.1, 0.15) is 0 Å². The molecule has 2 aromatic carbocycles. The average Bonchev–Trinajstić information content (AvgIpc) is 2.63. The van der Waals surface area contributed by atoms with E-state index in [1.807, 2.05) is 6.07 Å². The summed E-state index contributed by atoms with van der Waals surface area (Å²) in [6.45, 7) is 3.77. The summed E-state index contributed by atoms with van der Waals surface area (Å²) in [4.78, 5) is 25.6. The molecule has 26 heavy (non-hydrogen) atoms. The van der Waals surface area contributed by atoms with Gasteiger partial charge < -0.3 is 20.1 Å². The second kappa shape index (κ2) is 8.71. The van der Waals surface area contributed by atoms with Gasteiger partial charge in [-0.05, 0) is 35.4 Å². The summed E-state index contributed by atoms with van der Waals surface area (Å²) in [6.07, 6.45) is 1.33. The number of ether oxygens (including phenoxy) is 1. The number of amides is 2.